The summed E-state index contributed by atoms with van der Waals surface area (Å²) < 4.78 is 5.89. The molecular weight excluding hydrogens is 186 g/mol. The molecule has 1 aliphatic carbocycles. The van der Waals surface area contributed by atoms with E-state index in [1.807, 2.05) is 6.92 Å². The van der Waals surface area contributed by atoms with Crippen LogP contribution in [0.25, 0.3) is 0 Å². The van der Waals surface area contributed by atoms with E-state index in [1.54, 1.807) is 0 Å². The second kappa shape index (κ2) is 5.01. The van der Waals surface area contributed by atoms with Crippen molar-refractivity contribution < 1.29 is 4.74 Å². The average molecular weight is 207 g/mol. The Morgan fingerprint density at radius 3 is 3.00 bits per heavy atom. The Morgan fingerprint density at radius 1 is 1.47 bits per heavy atom. The molecule has 15 heavy (non-hydrogen) atoms. The van der Waals surface area contributed by atoms with Crippen molar-refractivity contribution in [2.75, 3.05) is 13.2 Å². The molecule has 1 saturated heterocycles. The van der Waals surface area contributed by atoms with Gasteiger partial charge in [0.15, 0.2) is 0 Å². The summed E-state index contributed by atoms with van der Waals surface area (Å²) in [6.45, 7) is 3.87. The molecule has 2 aliphatic rings. The van der Waals surface area contributed by atoms with Crippen LogP contribution < -0.4 is 5.32 Å². The van der Waals surface area contributed by atoms with Gasteiger partial charge in [-0.1, -0.05) is 0 Å². The summed E-state index contributed by atoms with van der Waals surface area (Å²) in [6.07, 6.45) is 7.27. The van der Waals surface area contributed by atoms with E-state index in [-0.39, 0.29) is 5.60 Å². The fourth-order valence-corrected chi connectivity index (χ4v) is 2.59. The maximum atomic E-state index is 5.89. The van der Waals surface area contributed by atoms with E-state index in [1.165, 1.54) is 32.1 Å². The maximum absolute atomic E-state index is 5.89. The lowest BCUT2D eigenvalue weighted by Gasteiger charge is -2.47. The molecule has 1 spiro atoms. The zero-order valence-corrected chi connectivity index (χ0v) is 9.64. The largest absolute Gasteiger partial charge is 0.375 e. The van der Waals surface area contributed by atoms with E-state index in [4.69, 9.17) is 4.74 Å². The number of hydrogen-bond donors (Lipinski definition) is 1. The molecule has 1 N–H and O–H groups in total. The van der Waals surface area contributed by atoms with E-state index in [0.29, 0.717) is 6.04 Å². The van der Waals surface area contributed by atoms with Crippen LogP contribution >= 0.6 is 0 Å². The molecule has 0 radical (unpaired) electrons. The lowest BCUT2D eigenvalue weighted by atomic mass is 9.74. The lowest BCUT2D eigenvalue weighted by Crippen LogP contribution is -2.51. The van der Waals surface area contributed by atoms with Gasteiger partial charge >= 0.3 is 0 Å². The quantitative estimate of drug-likeness (QED) is 0.565. The van der Waals surface area contributed by atoms with Gasteiger partial charge in [-0.15, -0.1) is 11.8 Å². The van der Waals surface area contributed by atoms with Crippen LogP contribution in [0.3, 0.4) is 0 Å². The molecule has 2 fully saturated rings. The summed E-state index contributed by atoms with van der Waals surface area (Å²) in [4.78, 5) is 0. The van der Waals surface area contributed by atoms with E-state index >= 15 is 0 Å². The summed E-state index contributed by atoms with van der Waals surface area (Å²) in [5.74, 6) is 6.02. The van der Waals surface area contributed by atoms with Crippen molar-refractivity contribution in [1.29, 1.82) is 0 Å². The molecule has 0 aromatic carbocycles. The predicted molar refractivity (Wildman–Crippen MR) is 61.6 cm³/mol. The van der Waals surface area contributed by atoms with E-state index < -0.39 is 0 Å². The van der Waals surface area contributed by atoms with Crippen molar-refractivity contribution in [3.8, 4) is 11.8 Å². The van der Waals surface area contributed by atoms with Gasteiger partial charge in [0.25, 0.3) is 0 Å². The fraction of sp³-hybridized carbons (Fsp3) is 0.846. The SMILES string of the molecule is CC#CCCNC1CCOC2(CCC2)C1. The number of hydrogen-bond acceptors (Lipinski definition) is 2. The summed E-state index contributed by atoms with van der Waals surface area (Å²) in [5, 5.41) is 3.60. The molecule has 0 amide bonds. The summed E-state index contributed by atoms with van der Waals surface area (Å²) in [6, 6.07) is 0.665. The minimum atomic E-state index is 0.270. The molecule has 1 atom stereocenters. The Bertz CT molecular complexity index is 259. The van der Waals surface area contributed by atoms with Crippen LogP contribution in [-0.2, 0) is 4.74 Å². The molecule has 0 bridgehead atoms. The van der Waals surface area contributed by atoms with Crippen LogP contribution in [0.1, 0.15) is 45.4 Å². The molecule has 84 valence electrons. The second-order valence-corrected chi connectivity index (χ2v) is 4.71. The topological polar surface area (TPSA) is 21.3 Å². The molecule has 1 saturated carbocycles. The van der Waals surface area contributed by atoms with Gasteiger partial charge in [-0.05, 0) is 39.0 Å². The summed E-state index contributed by atoms with van der Waals surface area (Å²) in [5.41, 5.74) is 0.270. The zero-order valence-electron chi connectivity index (χ0n) is 9.64. The fourth-order valence-electron chi connectivity index (χ4n) is 2.59. The standard InChI is InChI=1S/C13H21NO/c1-2-3-4-9-14-12-6-10-15-13(11-12)7-5-8-13/h12,14H,4-11H2,1H3. The first-order valence-corrected chi connectivity index (χ1v) is 6.12. The molecular formula is C13H21NO. The molecule has 2 nitrogen and oxygen atoms in total. The first kappa shape index (κ1) is 11.0. The van der Waals surface area contributed by atoms with Crippen molar-refractivity contribution in [3.63, 3.8) is 0 Å². The normalized spacial score (nSPS) is 27.9. The van der Waals surface area contributed by atoms with Gasteiger partial charge in [0.2, 0.25) is 0 Å². The molecule has 1 unspecified atom stereocenters. The van der Waals surface area contributed by atoms with Crippen molar-refractivity contribution in [3.05, 3.63) is 0 Å². The lowest BCUT2D eigenvalue weighted by molar-refractivity contribution is -0.135. The Balaban J connectivity index is 1.70. The monoisotopic (exact) mass is 207 g/mol. The molecule has 2 rings (SSSR count). The van der Waals surface area contributed by atoms with Gasteiger partial charge < -0.3 is 10.1 Å². The Labute approximate surface area is 92.8 Å². The van der Waals surface area contributed by atoms with Crippen molar-refractivity contribution >= 4 is 0 Å². The number of nitrogens with one attached hydrogen (secondary N) is 1. The minimum absolute atomic E-state index is 0.270. The summed E-state index contributed by atoms with van der Waals surface area (Å²) in [7, 11) is 0. The van der Waals surface area contributed by atoms with Crippen LogP contribution in [0.15, 0.2) is 0 Å². The molecule has 0 aromatic heterocycles. The highest BCUT2D eigenvalue weighted by Crippen LogP contribution is 2.42. The Hall–Kier alpha value is -0.520. The third-order valence-electron chi connectivity index (χ3n) is 3.62. The minimum Gasteiger partial charge on any atom is -0.375 e. The second-order valence-electron chi connectivity index (χ2n) is 4.71. The highest BCUT2D eigenvalue weighted by molar-refractivity contribution is 4.98. The van der Waals surface area contributed by atoms with Crippen molar-refractivity contribution in [2.45, 2.75) is 57.1 Å². The molecule has 2 heteroatoms. The summed E-state index contributed by atoms with van der Waals surface area (Å²) >= 11 is 0. The molecule has 1 aliphatic heterocycles. The van der Waals surface area contributed by atoms with E-state index in [2.05, 4.69) is 17.2 Å². The highest BCUT2D eigenvalue weighted by Gasteiger charge is 2.42. The maximum Gasteiger partial charge on any atom is 0.0697 e. The van der Waals surface area contributed by atoms with Gasteiger partial charge in [-0.2, -0.15) is 0 Å². The first-order chi connectivity index (χ1) is 7.35. The highest BCUT2D eigenvalue weighted by atomic mass is 16.5. The van der Waals surface area contributed by atoms with Gasteiger partial charge in [-0.3, -0.25) is 0 Å². The number of ether oxygens (including phenoxy) is 1. The third-order valence-corrected chi connectivity index (χ3v) is 3.62. The number of rotatable bonds is 3. The Kier molecular flexibility index (Phi) is 3.66. The van der Waals surface area contributed by atoms with Crippen LogP contribution in [0.5, 0.6) is 0 Å². The van der Waals surface area contributed by atoms with E-state index in [9.17, 15) is 0 Å². The van der Waals surface area contributed by atoms with Crippen molar-refractivity contribution in [1.82, 2.24) is 5.32 Å². The zero-order chi connectivity index (χ0) is 10.6. The van der Waals surface area contributed by atoms with Crippen LogP contribution in [0.2, 0.25) is 0 Å². The smallest absolute Gasteiger partial charge is 0.0697 e. The average Bonchev–Trinajstić information content (AvgIpc) is 2.23. The van der Waals surface area contributed by atoms with E-state index in [0.717, 1.165) is 19.6 Å². The Morgan fingerprint density at radius 2 is 2.33 bits per heavy atom. The van der Waals surface area contributed by atoms with Crippen LogP contribution in [-0.4, -0.2) is 24.8 Å². The first-order valence-electron chi connectivity index (χ1n) is 6.12. The predicted octanol–water partition coefficient (Wildman–Crippen LogP) is 2.09. The molecule has 1 heterocycles. The molecule has 0 aromatic rings. The van der Waals surface area contributed by atoms with Crippen molar-refractivity contribution in [2.24, 2.45) is 0 Å². The van der Waals surface area contributed by atoms with Gasteiger partial charge in [0, 0.05) is 25.6 Å². The third kappa shape index (κ3) is 2.74. The van der Waals surface area contributed by atoms with Gasteiger partial charge in [-0.25, -0.2) is 0 Å². The van der Waals surface area contributed by atoms with Gasteiger partial charge in [0.1, 0.15) is 0 Å². The van der Waals surface area contributed by atoms with Crippen LogP contribution in [0.4, 0.5) is 0 Å². The van der Waals surface area contributed by atoms with Crippen LogP contribution in [0, 0.1) is 11.8 Å². The van der Waals surface area contributed by atoms with Gasteiger partial charge in [0.05, 0.1) is 5.60 Å².